The molecule has 1 saturated heterocycles. The summed E-state index contributed by atoms with van der Waals surface area (Å²) in [6, 6.07) is 11.6. The highest BCUT2D eigenvalue weighted by Gasteiger charge is 2.27. The standard InChI is InChI=1S/C33H43N5O2.C3H8O2/c1-33(2,3)37-30-12-10-26-19-25(14-17-40-31-6-4-5-16-39-31)24(20-29(26)36-30)9-7-23-8-11-28(18-23)38-15-13-27-21-34-22-35-32(27)38;1-3(2,4)5/h10,12-13,15,19-23,28,31H,4-9,11,14,16-18H2,1-3H3,(H,36,37);4-5H,1-2H3. The molecule has 9 nitrogen and oxygen atoms in total. The summed E-state index contributed by atoms with van der Waals surface area (Å²) in [5.74, 6) is 0.138. The predicted octanol–water partition coefficient (Wildman–Crippen LogP) is 6.96. The van der Waals surface area contributed by atoms with Gasteiger partial charge in [-0.15, -0.1) is 0 Å². The lowest BCUT2D eigenvalue weighted by molar-refractivity contribution is -0.161. The minimum Gasteiger partial charge on any atom is -0.366 e. The molecule has 2 fully saturated rings. The van der Waals surface area contributed by atoms with Gasteiger partial charge in [0, 0.05) is 41.4 Å². The zero-order valence-electron chi connectivity index (χ0n) is 27.6. The number of hydrogen-bond acceptors (Lipinski definition) is 8. The van der Waals surface area contributed by atoms with E-state index in [0.29, 0.717) is 18.6 Å². The summed E-state index contributed by atoms with van der Waals surface area (Å²) < 4.78 is 14.3. The van der Waals surface area contributed by atoms with Crippen LogP contribution in [0.4, 0.5) is 5.82 Å². The van der Waals surface area contributed by atoms with Crippen molar-refractivity contribution >= 4 is 27.8 Å². The second-order valence-electron chi connectivity index (χ2n) is 14.2. The van der Waals surface area contributed by atoms with Gasteiger partial charge < -0.3 is 29.6 Å². The average molecular weight is 618 g/mol. The Morgan fingerprint density at radius 1 is 0.978 bits per heavy atom. The third-order valence-corrected chi connectivity index (χ3v) is 8.43. The van der Waals surface area contributed by atoms with Gasteiger partial charge in [-0.25, -0.2) is 15.0 Å². The number of hydrogen-bond donors (Lipinski definition) is 3. The molecule has 1 aromatic carbocycles. The molecule has 4 aromatic rings. The van der Waals surface area contributed by atoms with Crippen LogP contribution in [0.5, 0.6) is 0 Å². The summed E-state index contributed by atoms with van der Waals surface area (Å²) in [7, 11) is 0. The molecule has 3 aromatic heterocycles. The van der Waals surface area contributed by atoms with Gasteiger partial charge in [-0.3, -0.25) is 0 Å². The monoisotopic (exact) mass is 617 g/mol. The van der Waals surface area contributed by atoms with Crippen LogP contribution in [-0.2, 0) is 22.3 Å². The highest BCUT2D eigenvalue weighted by Crippen LogP contribution is 2.39. The molecule has 45 heavy (non-hydrogen) atoms. The summed E-state index contributed by atoms with van der Waals surface area (Å²) in [5.41, 5.74) is 4.88. The van der Waals surface area contributed by atoms with Gasteiger partial charge in [-0.2, -0.15) is 0 Å². The normalized spacial score (nSPS) is 20.7. The van der Waals surface area contributed by atoms with Crippen molar-refractivity contribution in [3.05, 3.63) is 60.2 Å². The lowest BCUT2D eigenvalue weighted by Gasteiger charge is -2.23. The van der Waals surface area contributed by atoms with Crippen LogP contribution >= 0.6 is 0 Å². The Morgan fingerprint density at radius 3 is 2.53 bits per heavy atom. The topological polar surface area (TPSA) is 115 Å². The van der Waals surface area contributed by atoms with Crippen molar-refractivity contribution in [1.82, 2.24) is 19.5 Å². The first-order valence-electron chi connectivity index (χ1n) is 16.6. The van der Waals surface area contributed by atoms with Crippen molar-refractivity contribution in [3.63, 3.8) is 0 Å². The minimum atomic E-state index is -1.50. The minimum absolute atomic E-state index is 0.0297. The van der Waals surface area contributed by atoms with Crippen LogP contribution in [0.25, 0.3) is 21.9 Å². The summed E-state index contributed by atoms with van der Waals surface area (Å²) in [5, 5.41) is 22.0. The first kappa shape index (κ1) is 33.3. The van der Waals surface area contributed by atoms with Gasteiger partial charge in [0.1, 0.15) is 17.8 Å². The van der Waals surface area contributed by atoms with Crippen molar-refractivity contribution in [3.8, 4) is 0 Å². The highest BCUT2D eigenvalue weighted by molar-refractivity contribution is 5.82. The van der Waals surface area contributed by atoms with Crippen LogP contribution < -0.4 is 5.32 Å². The first-order valence-corrected chi connectivity index (χ1v) is 16.6. The molecule has 0 spiro atoms. The molecule has 0 bridgehead atoms. The smallest absolute Gasteiger partial charge is 0.157 e. The van der Waals surface area contributed by atoms with Gasteiger partial charge in [0.05, 0.1) is 12.1 Å². The number of fused-ring (bicyclic) bond motifs is 2. The van der Waals surface area contributed by atoms with E-state index in [1.165, 1.54) is 62.5 Å². The van der Waals surface area contributed by atoms with E-state index in [1.807, 2.05) is 6.20 Å². The van der Waals surface area contributed by atoms with E-state index in [4.69, 9.17) is 24.7 Å². The van der Waals surface area contributed by atoms with E-state index in [-0.39, 0.29) is 11.8 Å². The van der Waals surface area contributed by atoms with E-state index >= 15 is 0 Å². The molecule has 4 heterocycles. The SMILES string of the molecule is CC(C)(C)Nc1ccc2cc(CCOC3CCCCO3)c(CCC3CCC(n4ccc5cncnc54)C3)cc2n1.CC(C)(O)O. The second kappa shape index (κ2) is 14.5. The van der Waals surface area contributed by atoms with Crippen LogP contribution in [0.15, 0.2) is 49.1 Å². The van der Waals surface area contributed by atoms with Gasteiger partial charge in [0.25, 0.3) is 0 Å². The number of aliphatic hydroxyl groups is 2. The van der Waals surface area contributed by atoms with E-state index in [2.05, 4.69) is 77.2 Å². The maximum atomic E-state index is 8.08. The molecule has 3 N–H and O–H groups in total. The number of benzene rings is 1. The summed E-state index contributed by atoms with van der Waals surface area (Å²) in [6.45, 7) is 10.6. The summed E-state index contributed by atoms with van der Waals surface area (Å²) >= 11 is 0. The molecule has 3 unspecified atom stereocenters. The van der Waals surface area contributed by atoms with Gasteiger partial charge in [0.15, 0.2) is 12.1 Å². The predicted molar refractivity (Wildman–Crippen MR) is 179 cm³/mol. The van der Waals surface area contributed by atoms with Gasteiger partial charge in [-0.1, -0.05) is 0 Å². The lowest BCUT2D eigenvalue weighted by Crippen LogP contribution is -2.26. The van der Waals surface area contributed by atoms with Crippen LogP contribution in [0.3, 0.4) is 0 Å². The largest absolute Gasteiger partial charge is 0.366 e. The van der Waals surface area contributed by atoms with E-state index in [9.17, 15) is 0 Å². The zero-order valence-corrected chi connectivity index (χ0v) is 27.6. The Kier molecular flexibility index (Phi) is 10.7. The molecule has 1 aliphatic carbocycles. The molecule has 6 rings (SSSR count). The van der Waals surface area contributed by atoms with Crippen molar-refractivity contribution in [1.29, 1.82) is 0 Å². The Bertz CT molecular complexity index is 1530. The molecular formula is C36H51N5O4. The summed E-state index contributed by atoms with van der Waals surface area (Å²) in [4.78, 5) is 13.7. The van der Waals surface area contributed by atoms with Gasteiger partial charge in [0.2, 0.25) is 0 Å². The van der Waals surface area contributed by atoms with E-state index < -0.39 is 5.79 Å². The molecule has 2 aliphatic rings. The molecule has 244 valence electrons. The van der Waals surface area contributed by atoms with Crippen molar-refractivity contribution < 1.29 is 19.7 Å². The summed E-state index contributed by atoms with van der Waals surface area (Å²) in [6.07, 6.45) is 15.9. The number of pyridine rings is 1. The van der Waals surface area contributed by atoms with Crippen LogP contribution in [0.2, 0.25) is 0 Å². The fourth-order valence-electron chi connectivity index (χ4n) is 6.44. The van der Waals surface area contributed by atoms with Crippen LogP contribution in [-0.4, -0.2) is 60.6 Å². The molecule has 0 radical (unpaired) electrons. The molecule has 9 heteroatoms. The fourth-order valence-corrected chi connectivity index (χ4v) is 6.44. The van der Waals surface area contributed by atoms with Crippen molar-refractivity contribution in [2.45, 2.75) is 116 Å². The number of nitrogens with one attached hydrogen (secondary N) is 1. The molecule has 0 amide bonds. The number of aryl methyl sites for hydroxylation is 1. The number of anilines is 1. The van der Waals surface area contributed by atoms with Crippen LogP contribution in [0, 0.1) is 5.92 Å². The third-order valence-electron chi connectivity index (χ3n) is 8.43. The first-order chi connectivity index (χ1) is 21.4. The van der Waals surface area contributed by atoms with E-state index in [1.54, 1.807) is 6.33 Å². The molecule has 1 saturated carbocycles. The number of nitrogens with zero attached hydrogens (tertiary/aromatic N) is 4. The Morgan fingerprint density at radius 2 is 1.78 bits per heavy atom. The number of aromatic nitrogens is 4. The molecular weight excluding hydrogens is 566 g/mol. The molecule has 3 atom stereocenters. The van der Waals surface area contributed by atoms with Crippen molar-refractivity contribution in [2.24, 2.45) is 5.92 Å². The van der Waals surface area contributed by atoms with E-state index in [0.717, 1.165) is 54.7 Å². The number of rotatable bonds is 9. The Balaban J connectivity index is 0.000000743. The van der Waals surface area contributed by atoms with Gasteiger partial charge >= 0.3 is 0 Å². The third kappa shape index (κ3) is 9.94. The number of ether oxygens (including phenoxy) is 2. The Hall–Kier alpha value is -3.11. The fraction of sp³-hybridized carbons (Fsp3) is 0.583. The Labute approximate surface area is 267 Å². The second-order valence-corrected chi connectivity index (χ2v) is 14.2. The molecule has 1 aliphatic heterocycles. The van der Waals surface area contributed by atoms with Crippen molar-refractivity contribution in [2.75, 3.05) is 18.5 Å². The highest BCUT2D eigenvalue weighted by atomic mass is 16.7. The quantitative estimate of drug-likeness (QED) is 0.173. The maximum absolute atomic E-state index is 8.08. The van der Waals surface area contributed by atoms with Crippen LogP contribution in [0.1, 0.15) is 96.7 Å². The maximum Gasteiger partial charge on any atom is 0.157 e. The average Bonchev–Trinajstić information content (AvgIpc) is 3.62. The zero-order chi connectivity index (χ0) is 32.0. The van der Waals surface area contributed by atoms with Gasteiger partial charge in [-0.05, 0) is 140 Å². The lowest BCUT2D eigenvalue weighted by atomic mass is 9.93.